The number of esters is 3. The summed E-state index contributed by atoms with van der Waals surface area (Å²) in [5.74, 6) is -7.17. The molecule has 3 saturated heterocycles. The number of alkyl halides is 3. The molecule has 16 heteroatoms. The molecule has 0 N–H and O–H groups in total. The van der Waals surface area contributed by atoms with Crippen LogP contribution in [0.4, 0.5) is 13.2 Å². The molecule has 6 unspecified atom stereocenters. The van der Waals surface area contributed by atoms with Crippen molar-refractivity contribution in [3.8, 4) is 11.5 Å². The SMILES string of the molecule is CC1(Oc2cc(C(=O)OC3C4OC(=O)C5C4OC3C5C(=O)OCCS(=O)(=O)[O-])ccc2OC(F)(F)F)CCCC1. The predicted octanol–water partition coefficient (Wildman–Crippen LogP) is 1.85. The number of ether oxygens (including phenoxy) is 6. The van der Waals surface area contributed by atoms with E-state index in [-0.39, 0.29) is 11.3 Å². The first kappa shape index (κ1) is 28.4. The molecule has 3 heterocycles. The molecule has 40 heavy (non-hydrogen) atoms. The third-order valence-electron chi connectivity index (χ3n) is 7.42. The first-order valence-electron chi connectivity index (χ1n) is 12.4. The average molecular weight is 594 g/mol. The summed E-state index contributed by atoms with van der Waals surface area (Å²) in [6.45, 7) is 0.994. The Kier molecular flexibility index (Phi) is 7.15. The minimum atomic E-state index is -5.01. The zero-order valence-electron chi connectivity index (χ0n) is 20.9. The molecule has 4 fully saturated rings. The van der Waals surface area contributed by atoms with Gasteiger partial charge in [-0.2, -0.15) is 0 Å². The van der Waals surface area contributed by atoms with Crippen LogP contribution in [0.1, 0.15) is 43.0 Å². The lowest BCUT2D eigenvalue weighted by Gasteiger charge is -2.28. The Balaban J connectivity index is 1.34. The Bertz CT molecular complexity index is 1310. The van der Waals surface area contributed by atoms with Gasteiger partial charge in [0.15, 0.2) is 23.7 Å². The van der Waals surface area contributed by atoms with Crippen LogP contribution >= 0.6 is 0 Å². The van der Waals surface area contributed by atoms with Crippen LogP contribution in [0.5, 0.6) is 11.5 Å². The third kappa shape index (κ3) is 5.69. The molecular weight excluding hydrogens is 569 g/mol. The molecule has 12 nitrogen and oxygen atoms in total. The maximum Gasteiger partial charge on any atom is 0.573 e. The van der Waals surface area contributed by atoms with E-state index in [1.54, 1.807) is 6.92 Å². The fraction of sp³-hybridized carbons (Fsp3) is 0.625. The Morgan fingerprint density at radius 1 is 1.12 bits per heavy atom. The van der Waals surface area contributed by atoms with E-state index in [0.29, 0.717) is 12.8 Å². The van der Waals surface area contributed by atoms with Crippen LogP contribution in [0.3, 0.4) is 0 Å². The summed E-state index contributed by atoms with van der Waals surface area (Å²) in [5, 5.41) is 0. The summed E-state index contributed by atoms with van der Waals surface area (Å²) in [5.41, 5.74) is -0.967. The van der Waals surface area contributed by atoms with Crippen LogP contribution in [0.25, 0.3) is 0 Å². The minimum Gasteiger partial charge on any atom is -0.748 e. The van der Waals surface area contributed by atoms with Crippen molar-refractivity contribution in [2.45, 2.75) is 69.0 Å². The van der Waals surface area contributed by atoms with E-state index in [9.17, 15) is 40.5 Å². The summed E-state index contributed by atoms with van der Waals surface area (Å²) in [4.78, 5) is 38.2. The maximum absolute atomic E-state index is 13.1. The van der Waals surface area contributed by atoms with Gasteiger partial charge in [0.25, 0.3) is 0 Å². The zero-order chi connectivity index (χ0) is 29.0. The number of fused-ring (bicyclic) bond motifs is 1. The first-order valence-corrected chi connectivity index (χ1v) is 14.0. The van der Waals surface area contributed by atoms with Gasteiger partial charge in [-0.1, -0.05) is 0 Å². The zero-order valence-corrected chi connectivity index (χ0v) is 21.7. The predicted molar refractivity (Wildman–Crippen MR) is 121 cm³/mol. The summed E-state index contributed by atoms with van der Waals surface area (Å²) in [6.07, 6.45) is -6.66. The second-order valence-corrected chi connectivity index (χ2v) is 11.8. The molecule has 1 aliphatic carbocycles. The van der Waals surface area contributed by atoms with Gasteiger partial charge in [0, 0.05) is 0 Å². The Hall–Kier alpha value is -3.11. The number of hydrogen-bond donors (Lipinski definition) is 0. The average Bonchev–Trinajstić information content (AvgIpc) is 3.56. The lowest BCUT2D eigenvalue weighted by Crippen LogP contribution is -2.48. The molecule has 220 valence electrons. The van der Waals surface area contributed by atoms with Gasteiger partial charge in [0.2, 0.25) is 0 Å². The van der Waals surface area contributed by atoms with Crippen molar-refractivity contribution in [1.82, 2.24) is 0 Å². The van der Waals surface area contributed by atoms with E-state index in [1.807, 2.05) is 0 Å². The summed E-state index contributed by atoms with van der Waals surface area (Å²) in [6, 6.07) is 3.02. The molecule has 0 spiro atoms. The lowest BCUT2D eigenvalue weighted by molar-refractivity contribution is -0.275. The Labute approximate surface area is 225 Å². The van der Waals surface area contributed by atoms with Gasteiger partial charge in [-0.05, 0) is 50.8 Å². The van der Waals surface area contributed by atoms with Crippen LogP contribution in [0.15, 0.2) is 18.2 Å². The van der Waals surface area contributed by atoms with Gasteiger partial charge < -0.3 is 33.0 Å². The quantitative estimate of drug-likeness (QED) is 0.232. The Morgan fingerprint density at radius 3 is 2.48 bits per heavy atom. The second kappa shape index (κ2) is 10.1. The van der Waals surface area contributed by atoms with E-state index in [4.69, 9.17) is 23.7 Å². The van der Waals surface area contributed by atoms with Crippen molar-refractivity contribution in [3.63, 3.8) is 0 Å². The third-order valence-corrected chi connectivity index (χ3v) is 8.09. The number of hydrogen-bond acceptors (Lipinski definition) is 12. The van der Waals surface area contributed by atoms with Gasteiger partial charge in [-0.25, -0.2) is 13.2 Å². The second-order valence-electron chi connectivity index (χ2n) is 10.3. The van der Waals surface area contributed by atoms with Gasteiger partial charge in [0.05, 0.1) is 21.4 Å². The van der Waals surface area contributed by atoms with Crippen LogP contribution in [0, 0.1) is 11.8 Å². The number of rotatable bonds is 9. The molecule has 5 rings (SSSR count). The van der Waals surface area contributed by atoms with Crippen molar-refractivity contribution in [1.29, 1.82) is 0 Å². The number of halogens is 3. The number of benzene rings is 1. The fourth-order valence-electron chi connectivity index (χ4n) is 5.69. The van der Waals surface area contributed by atoms with Crippen molar-refractivity contribution in [2.24, 2.45) is 11.8 Å². The molecule has 1 aromatic carbocycles. The van der Waals surface area contributed by atoms with E-state index in [0.717, 1.165) is 31.0 Å². The smallest absolute Gasteiger partial charge is 0.573 e. The van der Waals surface area contributed by atoms with Gasteiger partial charge in [-0.3, -0.25) is 9.59 Å². The lowest BCUT2D eigenvalue weighted by atomic mass is 9.78. The molecule has 3 aliphatic heterocycles. The Morgan fingerprint density at radius 2 is 1.82 bits per heavy atom. The number of carbonyl (C=O) groups excluding carboxylic acids is 3. The van der Waals surface area contributed by atoms with E-state index < -0.39 is 94.4 Å². The molecule has 0 amide bonds. The standard InChI is InChI=1S/C24H25F3O12S/c1-23(6-2-3-7-23)38-13-10-11(4-5-12(13)39-24(25,26)27)20(28)36-18-16-14(21(29)34-8-9-40(31,32)33)15-17(35-16)19(18)37-22(15)30/h4-5,10,14-19H,2-3,6-9H2,1H3,(H,31,32,33)/p-1. The summed E-state index contributed by atoms with van der Waals surface area (Å²) in [7, 11) is -4.66. The van der Waals surface area contributed by atoms with Crippen molar-refractivity contribution >= 4 is 28.0 Å². The normalized spacial score (nSPS) is 30.2. The number of carbonyl (C=O) groups is 3. The molecule has 4 aliphatic rings. The molecule has 1 saturated carbocycles. The highest BCUT2D eigenvalue weighted by Gasteiger charge is 2.72. The van der Waals surface area contributed by atoms with Crippen molar-refractivity contribution in [3.05, 3.63) is 23.8 Å². The van der Waals surface area contributed by atoms with Crippen LogP contribution < -0.4 is 9.47 Å². The molecule has 0 radical (unpaired) electrons. The molecule has 6 atom stereocenters. The maximum atomic E-state index is 13.1. The molecular formula is C24H24F3O12S-. The van der Waals surface area contributed by atoms with Gasteiger partial charge >= 0.3 is 24.3 Å². The van der Waals surface area contributed by atoms with Crippen molar-refractivity contribution < 1.29 is 68.9 Å². The van der Waals surface area contributed by atoms with Gasteiger partial charge in [-0.15, -0.1) is 13.2 Å². The summed E-state index contributed by atoms with van der Waals surface area (Å²) >= 11 is 0. The first-order chi connectivity index (χ1) is 18.6. The van der Waals surface area contributed by atoms with Crippen LogP contribution in [-0.4, -0.2) is 79.6 Å². The van der Waals surface area contributed by atoms with E-state index in [2.05, 4.69) is 4.74 Å². The highest BCUT2D eigenvalue weighted by molar-refractivity contribution is 7.85. The monoisotopic (exact) mass is 593 g/mol. The van der Waals surface area contributed by atoms with Crippen molar-refractivity contribution in [2.75, 3.05) is 12.4 Å². The van der Waals surface area contributed by atoms with E-state index >= 15 is 0 Å². The largest absolute Gasteiger partial charge is 0.748 e. The van der Waals surface area contributed by atoms with Crippen LogP contribution in [-0.2, 0) is 38.7 Å². The van der Waals surface area contributed by atoms with Crippen LogP contribution in [0.2, 0.25) is 0 Å². The molecule has 1 aromatic rings. The molecule has 2 bridgehead atoms. The van der Waals surface area contributed by atoms with Gasteiger partial charge in [0.1, 0.15) is 36.3 Å². The molecule has 0 aromatic heterocycles. The van der Waals surface area contributed by atoms with E-state index in [1.165, 1.54) is 0 Å². The minimum absolute atomic E-state index is 0.199. The highest BCUT2D eigenvalue weighted by Crippen LogP contribution is 2.51. The fourth-order valence-corrected chi connectivity index (χ4v) is 5.97. The highest BCUT2D eigenvalue weighted by atomic mass is 32.2. The summed E-state index contributed by atoms with van der Waals surface area (Å²) < 4.78 is 103. The topological polar surface area (TPSA) is 164 Å².